The minimum atomic E-state index is -1.52. The lowest BCUT2D eigenvalue weighted by atomic mass is 9.85. The van der Waals surface area contributed by atoms with Crippen molar-refractivity contribution in [1.29, 1.82) is 0 Å². The number of β-amino-alcohol motifs (C(OH)–C–C–N with tert-alkyl or cyclic N) is 1. The number of likely N-dealkylation sites (tertiary alicyclic amines) is 2. The van der Waals surface area contributed by atoms with Gasteiger partial charge in [0.05, 0.1) is 55.1 Å². The fraction of sp³-hybridized carbons (Fsp3) is 0.600. The summed E-state index contributed by atoms with van der Waals surface area (Å²) in [6.07, 6.45) is 9.48. The molecule has 125 heavy (non-hydrogen) atoms. The Morgan fingerprint density at radius 1 is 0.560 bits per heavy atom. The lowest BCUT2D eigenvalue weighted by molar-refractivity contribution is -0.146. The number of alkyl carbamates (subject to hydrolysis) is 2. The number of aromatic nitrogens is 6. The molecular formula is C90H121ClN16O18. The summed E-state index contributed by atoms with van der Waals surface area (Å²) in [5.41, 5.74) is -3.08. The highest BCUT2D eigenvalue weighted by molar-refractivity contribution is 6.35. The van der Waals surface area contributed by atoms with Crippen molar-refractivity contribution in [3.05, 3.63) is 103 Å². The Balaban J connectivity index is 0.000000169. The van der Waals surface area contributed by atoms with Crippen molar-refractivity contribution < 1.29 is 86.8 Å². The first-order chi connectivity index (χ1) is 59.5. The number of carbonyl (C=O) groups excluding carboxylic acids is 6. The monoisotopic (exact) mass is 1750 g/mol. The van der Waals surface area contributed by atoms with Gasteiger partial charge in [0, 0.05) is 142 Å². The molecule has 8 heterocycles. The first-order valence-electron chi connectivity index (χ1n) is 43.9. The van der Waals surface area contributed by atoms with Crippen LogP contribution in [0, 0.1) is 46.3 Å². The highest BCUT2D eigenvalue weighted by Crippen LogP contribution is 2.54. The molecule has 4 aliphatic heterocycles. The molecule has 6 saturated carbocycles. The van der Waals surface area contributed by atoms with Crippen molar-refractivity contribution in [3.8, 4) is 28.9 Å². The number of aliphatic carboxylic acids is 2. The van der Waals surface area contributed by atoms with E-state index in [0.29, 0.717) is 101 Å². The number of nitrogens with one attached hydrogen (secondary N) is 6. The highest BCUT2D eigenvalue weighted by atomic mass is 35.5. The minimum Gasteiger partial charge on any atom is -0.492 e. The van der Waals surface area contributed by atoms with E-state index in [1.54, 1.807) is 42.4 Å². The van der Waals surface area contributed by atoms with Gasteiger partial charge in [-0.05, 0) is 138 Å². The summed E-state index contributed by atoms with van der Waals surface area (Å²) in [5, 5.41) is 58.9. The van der Waals surface area contributed by atoms with E-state index in [1.807, 2.05) is 95.4 Å². The zero-order valence-electron chi connectivity index (χ0n) is 73.0. The number of halogens is 1. The summed E-state index contributed by atoms with van der Waals surface area (Å²) in [6, 6.07) is 15.0. The number of nitrogens with zero attached hydrogens (tertiary/aromatic N) is 10. The third-order valence-electron chi connectivity index (χ3n) is 25.3. The van der Waals surface area contributed by atoms with E-state index in [4.69, 9.17) is 59.8 Å². The Labute approximate surface area is 732 Å². The number of ether oxygens (including phenoxy) is 7. The summed E-state index contributed by atoms with van der Waals surface area (Å²) in [6.45, 7) is 35.7. The van der Waals surface area contributed by atoms with Crippen LogP contribution < -0.4 is 46.1 Å². The number of aliphatic hydroxyl groups excluding tert-OH is 1. The van der Waals surface area contributed by atoms with E-state index < -0.39 is 118 Å². The van der Waals surface area contributed by atoms with E-state index in [2.05, 4.69) is 73.8 Å². The normalized spacial score (nSPS) is 27.1. The number of hydrogen-bond acceptors (Lipinski definition) is 24. The number of hydrogen-bond donors (Lipinski definition) is 9. The van der Waals surface area contributed by atoms with Crippen LogP contribution >= 0.6 is 11.6 Å². The fourth-order valence-corrected chi connectivity index (χ4v) is 18.2. The van der Waals surface area contributed by atoms with Gasteiger partial charge in [0.1, 0.15) is 95.7 Å². The largest absolute Gasteiger partial charge is 0.492 e. The lowest BCUT2D eigenvalue weighted by Gasteiger charge is -2.35. The zero-order valence-corrected chi connectivity index (χ0v) is 73.8. The minimum absolute atomic E-state index is 0.0157. The maximum Gasteiger partial charge on any atom is 0.408 e. The number of fused-ring (bicyclic) bond motifs is 4. The highest BCUT2D eigenvalue weighted by Gasteiger charge is 2.63. The molecule has 0 spiro atoms. The van der Waals surface area contributed by atoms with Gasteiger partial charge in [-0.3, -0.25) is 29.0 Å². The van der Waals surface area contributed by atoms with Gasteiger partial charge < -0.3 is 90.2 Å². The first-order valence-corrected chi connectivity index (χ1v) is 44.2. The van der Waals surface area contributed by atoms with E-state index >= 15 is 0 Å². The summed E-state index contributed by atoms with van der Waals surface area (Å²) in [4.78, 5) is 123. The van der Waals surface area contributed by atoms with Crippen molar-refractivity contribution in [3.63, 3.8) is 0 Å². The number of pyridine rings is 2. The molecule has 10 aliphatic rings. The van der Waals surface area contributed by atoms with Crippen molar-refractivity contribution in [2.45, 2.75) is 205 Å². The van der Waals surface area contributed by atoms with Crippen LogP contribution in [0.2, 0.25) is 5.02 Å². The molecule has 35 heteroatoms. The summed E-state index contributed by atoms with van der Waals surface area (Å²) < 4.78 is 44.5. The predicted molar refractivity (Wildman–Crippen MR) is 465 cm³/mol. The van der Waals surface area contributed by atoms with Gasteiger partial charge in [0.25, 0.3) is 0 Å². The van der Waals surface area contributed by atoms with Crippen molar-refractivity contribution >= 4 is 92.8 Å². The number of aliphatic hydroxyl groups is 1. The van der Waals surface area contributed by atoms with Crippen LogP contribution in [-0.2, 0) is 47.7 Å². The van der Waals surface area contributed by atoms with Crippen molar-refractivity contribution in [2.24, 2.45) is 46.3 Å². The Morgan fingerprint density at radius 3 is 1.41 bits per heavy atom. The molecule has 10 fully saturated rings. The van der Waals surface area contributed by atoms with Crippen LogP contribution in [0.3, 0.4) is 0 Å². The average molecular weight is 1750 g/mol. The summed E-state index contributed by atoms with van der Waals surface area (Å²) >= 11 is 6.51. The Hall–Kier alpha value is -10.4. The third-order valence-corrected chi connectivity index (χ3v) is 25.6. The van der Waals surface area contributed by atoms with Crippen molar-refractivity contribution in [1.82, 2.24) is 70.4 Å². The van der Waals surface area contributed by atoms with Crippen LogP contribution in [0.15, 0.2) is 98.4 Å². The van der Waals surface area contributed by atoms with E-state index in [1.165, 1.54) is 34.8 Å². The molecule has 8 unspecified atom stereocenters. The van der Waals surface area contributed by atoms with Crippen LogP contribution in [0.5, 0.6) is 17.2 Å². The van der Waals surface area contributed by atoms with Crippen LogP contribution in [-0.4, -0.2) is 276 Å². The topological polar surface area (TPSA) is 408 Å². The molecule has 9 N–H and O–H groups in total. The number of carboxylic acid groups (broad SMARTS) is 2. The number of carbonyl (C=O) groups is 8. The zero-order chi connectivity index (χ0) is 89.1. The number of benzene rings is 2. The fourth-order valence-electron chi connectivity index (χ4n) is 18.0. The second kappa shape index (κ2) is 38.0. The summed E-state index contributed by atoms with van der Waals surface area (Å²) in [5.74, 6) is 1.47. The van der Waals surface area contributed by atoms with Gasteiger partial charge in [-0.15, -0.1) is 23.4 Å². The van der Waals surface area contributed by atoms with Crippen LogP contribution in [0.4, 0.5) is 21.2 Å². The van der Waals surface area contributed by atoms with E-state index in [0.717, 1.165) is 101 Å². The lowest BCUT2D eigenvalue weighted by Crippen LogP contribution is -2.59. The van der Waals surface area contributed by atoms with Crippen LogP contribution in [0.1, 0.15) is 133 Å². The number of amides is 6. The maximum absolute atomic E-state index is 14.8. The Bertz CT molecular complexity index is 4940. The molecule has 34 nitrogen and oxygen atoms in total. The second-order valence-electron chi connectivity index (χ2n) is 37.7. The van der Waals surface area contributed by atoms with Gasteiger partial charge in [-0.2, -0.15) is 0 Å². The number of rotatable bonds is 30. The van der Waals surface area contributed by atoms with Crippen molar-refractivity contribution in [2.75, 3.05) is 103 Å². The first kappa shape index (κ1) is 90.8. The van der Waals surface area contributed by atoms with Crippen LogP contribution in [0.25, 0.3) is 33.4 Å². The predicted octanol–water partition coefficient (Wildman–Crippen LogP) is 9.02. The van der Waals surface area contributed by atoms with Gasteiger partial charge in [0.2, 0.25) is 23.6 Å². The molecule has 676 valence electrons. The molecular weight excluding hydrogens is 1630 g/mol. The summed E-state index contributed by atoms with van der Waals surface area (Å²) in [7, 11) is 0. The molecule has 4 aromatic heterocycles. The number of morpholine rings is 2. The molecule has 2 aromatic carbocycles. The smallest absolute Gasteiger partial charge is 0.408 e. The SMILES string of the molecule is C=C[C@@H]1C[C@]1(NC(=O)C1CC(O)CN1C(=O)[C@@H](NC(=O)OC1CC2C[C@H]2C1)C(C)(C)C)C(=O)O.C=C[C@@H]1C[C@]1(NC(=O)C1CC(Oc2cc(-n3ccc(NC(C)C)n3)nc3cc(OCCN4CCOCC4)ccc23)CN1C(=O)[C@@H](NC(=O)OC1CC2C[C@H]2C1)C(C)(C)C)C(=O)O.CC(C)Nc1ccn(-c2cc(Cl)c3ccc(OCCN4CCOCC4)cc3n2)n1. The molecule has 0 radical (unpaired) electrons. The van der Waals surface area contributed by atoms with Gasteiger partial charge in [0.15, 0.2) is 11.6 Å². The molecule has 6 aromatic rings. The Morgan fingerprint density at radius 2 is 0.984 bits per heavy atom. The Kier molecular flexibility index (Phi) is 27.6. The van der Waals surface area contributed by atoms with Gasteiger partial charge in [-0.1, -0.05) is 65.3 Å². The molecule has 0 bridgehead atoms. The quantitative estimate of drug-likeness (QED) is 0.0190. The molecule has 6 amide bonds. The average Bonchev–Trinajstić information content (AvgIpc) is 1.59. The van der Waals surface area contributed by atoms with Gasteiger partial charge in [-0.25, -0.2) is 38.5 Å². The number of anilines is 2. The molecule has 4 saturated heterocycles. The molecule has 16 rings (SSSR count). The van der Waals surface area contributed by atoms with E-state index in [9.17, 15) is 53.7 Å². The number of carboxylic acids is 2. The van der Waals surface area contributed by atoms with Gasteiger partial charge >= 0.3 is 24.1 Å². The molecule has 16 atom stereocenters. The van der Waals surface area contributed by atoms with E-state index in [-0.39, 0.29) is 57.0 Å². The molecule has 6 aliphatic carbocycles. The maximum atomic E-state index is 14.8. The standard InChI is InChI=1S/C45H60N8O9.C24H35N3O7.C21H26ClN5O2/c1-7-29-24-45(29,42(56)57)49-40(54)35-22-32(25-52(35)41(55)39(44(4,5)6)48-43(58)62-31-19-27-18-28(27)20-31)61-36-23-38(53-11-10-37(50-53)46-26(2)3)47-34-21-30(8-9-33(34)36)60-17-14-51-12-15-59-16-13-51;1-5-14-10-24(14,21(31)32)26-19(29)17-9-15(28)11-27(17)20(30)18(23(2,3)4)25-22(33)34-16-7-12-6-13(12)8-16;1-15(2)23-20-5-6-27(25-20)21-14-18(22)17-4-3-16(13-19(17)24-21)29-12-9-26-7-10-28-11-8-26/h7-11,21,23,26-29,31-32,35,39H,1,12-20,22,24-25H2,2-6H3,(H,46,50)(H,48,58)(H,49,54)(H,56,57);5,12-18,28H,1,6-11H2,2-4H3,(H,25,33)(H,26,29)(H,31,32);3-6,13-15H,7-12H2,1-2H3,(H,23,25)/t27-,28?,29+,31?,32?,35?,39+,45+;12-,13?,14+,15?,16?,17?,18+,24+;/m00./s1. The third kappa shape index (κ3) is 22.0. The second-order valence-corrected chi connectivity index (χ2v) is 38.1.